The van der Waals surface area contributed by atoms with Gasteiger partial charge >= 0.3 is 0 Å². The van der Waals surface area contributed by atoms with Gasteiger partial charge in [-0.05, 0) is 25.0 Å². The second-order valence-corrected chi connectivity index (χ2v) is 4.55. The largest absolute Gasteiger partial charge is 0.372 e. The van der Waals surface area contributed by atoms with E-state index in [2.05, 4.69) is 0 Å². The van der Waals surface area contributed by atoms with Crippen molar-refractivity contribution in [2.45, 2.75) is 25.0 Å². The number of benzene rings is 1. The average molecular weight is 246 g/mol. The molecule has 1 aliphatic rings. The van der Waals surface area contributed by atoms with Crippen molar-refractivity contribution in [2.24, 2.45) is 5.73 Å². The molecule has 15 heavy (non-hydrogen) atoms. The van der Waals surface area contributed by atoms with Crippen molar-refractivity contribution in [3.63, 3.8) is 0 Å². The summed E-state index contributed by atoms with van der Waals surface area (Å²) in [6, 6.07) is 5.43. The lowest BCUT2D eigenvalue weighted by molar-refractivity contribution is 0.000269. The van der Waals surface area contributed by atoms with Gasteiger partial charge in [-0.3, -0.25) is 0 Å². The summed E-state index contributed by atoms with van der Waals surface area (Å²) >= 11 is 12.2. The van der Waals surface area contributed by atoms with E-state index in [1.165, 1.54) is 0 Å². The van der Waals surface area contributed by atoms with Gasteiger partial charge in [0.2, 0.25) is 0 Å². The van der Waals surface area contributed by atoms with Crippen LogP contribution in [0.1, 0.15) is 24.5 Å². The van der Waals surface area contributed by atoms with Crippen LogP contribution in [-0.2, 0) is 4.74 Å². The SMILES string of the molecule is NC1CCCOC1c1c(Cl)cccc1Cl. The standard InChI is InChI=1S/C11H13Cl2NO/c12-7-3-1-4-8(13)10(7)11-9(14)5-2-6-15-11/h1,3-4,9,11H,2,5-6,14H2. The van der Waals surface area contributed by atoms with Gasteiger partial charge in [0.1, 0.15) is 6.10 Å². The Morgan fingerprint density at radius 3 is 2.53 bits per heavy atom. The van der Waals surface area contributed by atoms with E-state index in [9.17, 15) is 0 Å². The van der Waals surface area contributed by atoms with Crippen LogP contribution in [-0.4, -0.2) is 12.6 Å². The van der Waals surface area contributed by atoms with Crippen LogP contribution in [0.4, 0.5) is 0 Å². The quantitative estimate of drug-likeness (QED) is 0.825. The van der Waals surface area contributed by atoms with Crippen LogP contribution in [0.25, 0.3) is 0 Å². The lowest BCUT2D eigenvalue weighted by atomic mass is 9.97. The Morgan fingerprint density at radius 1 is 1.27 bits per heavy atom. The number of hydrogen-bond donors (Lipinski definition) is 1. The highest BCUT2D eigenvalue weighted by molar-refractivity contribution is 6.36. The molecule has 2 atom stereocenters. The van der Waals surface area contributed by atoms with Gasteiger partial charge < -0.3 is 10.5 Å². The molecule has 0 aromatic heterocycles. The average Bonchev–Trinajstić information content (AvgIpc) is 2.20. The fourth-order valence-corrected chi connectivity index (χ4v) is 2.50. The molecule has 1 saturated heterocycles. The van der Waals surface area contributed by atoms with Crippen LogP contribution in [0.5, 0.6) is 0 Å². The molecule has 4 heteroatoms. The van der Waals surface area contributed by atoms with Crippen molar-refractivity contribution in [3.8, 4) is 0 Å². The molecule has 2 nitrogen and oxygen atoms in total. The van der Waals surface area contributed by atoms with Crippen molar-refractivity contribution in [1.29, 1.82) is 0 Å². The number of hydrogen-bond acceptors (Lipinski definition) is 2. The number of halogens is 2. The van der Waals surface area contributed by atoms with Gasteiger partial charge in [0, 0.05) is 28.3 Å². The first-order chi connectivity index (χ1) is 7.20. The molecule has 1 heterocycles. The Bertz CT molecular complexity index is 336. The molecule has 0 saturated carbocycles. The van der Waals surface area contributed by atoms with Crippen LogP contribution in [0, 0.1) is 0 Å². The molecule has 0 amide bonds. The molecule has 82 valence electrons. The van der Waals surface area contributed by atoms with Crippen molar-refractivity contribution >= 4 is 23.2 Å². The van der Waals surface area contributed by atoms with E-state index in [0.29, 0.717) is 10.0 Å². The van der Waals surface area contributed by atoms with Gasteiger partial charge in [0.15, 0.2) is 0 Å². The normalized spacial score (nSPS) is 26.6. The van der Waals surface area contributed by atoms with E-state index in [4.69, 9.17) is 33.7 Å². The van der Waals surface area contributed by atoms with Gasteiger partial charge in [0.25, 0.3) is 0 Å². The van der Waals surface area contributed by atoms with E-state index < -0.39 is 0 Å². The first-order valence-corrected chi connectivity index (χ1v) is 5.77. The second kappa shape index (κ2) is 4.71. The maximum absolute atomic E-state index is 6.11. The molecule has 0 spiro atoms. The molecular weight excluding hydrogens is 233 g/mol. The molecule has 1 aromatic carbocycles. The van der Waals surface area contributed by atoms with Crippen molar-refractivity contribution < 1.29 is 4.74 Å². The maximum atomic E-state index is 6.11. The summed E-state index contributed by atoms with van der Waals surface area (Å²) < 4.78 is 5.64. The van der Waals surface area contributed by atoms with Gasteiger partial charge in [-0.1, -0.05) is 29.3 Å². The summed E-state index contributed by atoms with van der Waals surface area (Å²) in [5.74, 6) is 0. The van der Waals surface area contributed by atoms with Crippen LogP contribution in [0.3, 0.4) is 0 Å². The predicted octanol–water partition coefficient (Wildman–Crippen LogP) is 3.17. The molecule has 1 aliphatic heterocycles. The minimum Gasteiger partial charge on any atom is -0.372 e. The lowest BCUT2D eigenvalue weighted by Gasteiger charge is -2.30. The van der Waals surface area contributed by atoms with Crippen LogP contribution < -0.4 is 5.73 Å². The first-order valence-electron chi connectivity index (χ1n) is 5.01. The van der Waals surface area contributed by atoms with Gasteiger partial charge in [-0.2, -0.15) is 0 Å². The van der Waals surface area contributed by atoms with E-state index >= 15 is 0 Å². The van der Waals surface area contributed by atoms with Crippen molar-refractivity contribution in [1.82, 2.24) is 0 Å². The topological polar surface area (TPSA) is 35.2 Å². The third-order valence-electron chi connectivity index (χ3n) is 2.65. The molecule has 0 bridgehead atoms. The van der Waals surface area contributed by atoms with Crippen molar-refractivity contribution in [3.05, 3.63) is 33.8 Å². The lowest BCUT2D eigenvalue weighted by Crippen LogP contribution is -2.34. The monoisotopic (exact) mass is 245 g/mol. The van der Waals surface area contributed by atoms with Gasteiger partial charge in [-0.15, -0.1) is 0 Å². The summed E-state index contributed by atoms with van der Waals surface area (Å²) in [6.07, 6.45) is 1.78. The van der Waals surface area contributed by atoms with E-state index in [1.807, 2.05) is 18.2 Å². The summed E-state index contributed by atoms with van der Waals surface area (Å²) in [5, 5.41) is 1.26. The highest BCUT2D eigenvalue weighted by Gasteiger charge is 2.27. The third-order valence-corrected chi connectivity index (χ3v) is 3.31. The highest BCUT2D eigenvalue weighted by Crippen LogP contribution is 2.36. The Labute approximate surface area is 99.3 Å². The zero-order chi connectivity index (χ0) is 10.8. The molecular formula is C11H13Cl2NO. The maximum Gasteiger partial charge on any atom is 0.100 e. The first kappa shape index (κ1) is 11.2. The highest BCUT2D eigenvalue weighted by atomic mass is 35.5. The summed E-state index contributed by atoms with van der Waals surface area (Å²) in [6.45, 7) is 0.722. The summed E-state index contributed by atoms with van der Waals surface area (Å²) in [7, 11) is 0. The second-order valence-electron chi connectivity index (χ2n) is 3.73. The van der Waals surface area contributed by atoms with Crippen LogP contribution >= 0.6 is 23.2 Å². The Balaban J connectivity index is 2.35. The summed E-state index contributed by atoms with van der Waals surface area (Å²) in [4.78, 5) is 0. The van der Waals surface area contributed by atoms with Gasteiger partial charge in [0.05, 0.1) is 0 Å². The Kier molecular flexibility index (Phi) is 3.52. The molecule has 1 aromatic rings. The minimum absolute atomic E-state index is 0.0175. The zero-order valence-corrected chi connectivity index (χ0v) is 9.76. The summed E-state index contributed by atoms with van der Waals surface area (Å²) in [5.41, 5.74) is 6.83. The molecule has 0 radical (unpaired) electrons. The molecule has 0 aliphatic carbocycles. The Morgan fingerprint density at radius 2 is 1.93 bits per heavy atom. The minimum atomic E-state index is -0.167. The van der Waals surface area contributed by atoms with Crippen LogP contribution in [0.2, 0.25) is 10.0 Å². The van der Waals surface area contributed by atoms with Gasteiger partial charge in [-0.25, -0.2) is 0 Å². The molecule has 2 unspecified atom stereocenters. The zero-order valence-electron chi connectivity index (χ0n) is 8.25. The predicted molar refractivity (Wildman–Crippen MR) is 62.4 cm³/mol. The van der Waals surface area contributed by atoms with E-state index in [-0.39, 0.29) is 12.1 Å². The van der Waals surface area contributed by atoms with Crippen LogP contribution in [0.15, 0.2) is 18.2 Å². The number of nitrogens with two attached hydrogens (primary N) is 1. The molecule has 1 fully saturated rings. The molecule has 2 N–H and O–H groups in total. The Hall–Kier alpha value is -0.280. The number of rotatable bonds is 1. The fourth-order valence-electron chi connectivity index (χ4n) is 1.88. The third kappa shape index (κ3) is 2.28. The smallest absolute Gasteiger partial charge is 0.100 e. The fraction of sp³-hybridized carbons (Fsp3) is 0.455. The number of ether oxygens (including phenoxy) is 1. The van der Waals surface area contributed by atoms with E-state index in [1.54, 1.807) is 0 Å². The molecule has 2 rings (SSSR count). The van der Waals surface area contributed by atoms with Crippen molar-refractivity contribution in [2.75, 3.05) is 6.61 Å². The van der Waals surface area contributed by atoms with E-state index in [0.717, 1.165) is 25.0 Å².